The lowest BCUT2D eigenvalue weighted by atomic mass is 10.3. The van der Waals surface area contributed by atoms with Crippen LogP contribution in [-0.2, 0) is 16.4 Å². The van der Waals surface area contributed by atoms with E-state index in [1.54, 1.807) is 0 Å². The van der Waals surface area contributed by atoms with Crippen LogP contribution in [0, 0.1) is 0 Å². The molecule has 0 bridgehead atoms. The molecule has 0 saturated heterocycles. The van der Waals surface area contributed by atoms with Gasteiger partial charge in [-0.25, -0.2) is 13.1 Å². The quantitative estimate of drug-likeness (QED) is 0.510. The number of thioether (sulfide) groups is 1. The second-order valence-corrected chi connectivity index (χ2v) is 9.70. The van der Waals surface area contributed by atoms with Crippen molar-refractivity contribution < 1.29 is 13.2 Å². The summed E-state index contributed by atoms with van der Waals surface area (Å²) in [6.45, 7) is 0.346. The first kappa shape index (κ1) is 18.7. The molecule has 0 radical (unpaired) electrons. The number of hydrogen-bond donors (Lipinski definition) is 1. The van der Waals surface area contributed by atoms with Crippen molar-refractivity contribution in [2.24, 2.45) is 0 Å². The third-order valence-electron chi connectivity index (χ3n) is 2.87. The Kier molecular flexibility index (Phi) is 6.84. The topological polar surface area (TPSA) is 63.2 Å². The third kappa shape index (κ3) is 6.39. The fraction of sp³-hybridized carbons (Fsp3) is 0.267. The molecule has 0 atom stereocenters. The molecule has 2 aromatic rings. The number of rotatable bonds is 8. The second-order valence-electron chi connectivity index (χ2n) is 4.82. The van der Waals surface area contributed by atoms with Gasteiger partial charge in [-0.3, -0.25) is 4.79 Å². The highest BCUT2D eigenvalue weighted by Crippen LogP contribution is 2.28. The molecule has 0 amide bonds. The second kappa shape index (κ2) is 8.43. The predicted octanol–water partition coefficient (Wildman–Crippen LogP) is 3.58. The molecule has 1 heterocycles. The molecule has 1 N–H and O–H groups in total. The molecule has 124 valence electrons. The minimum Gasteiger partial charge on any atom is -0.292 e. The lowest BCUT2D eigenvalue weighted by Gasteiger charge is -2.02. The van der Waals surface area contributed by atoms with Gasteiger partial charge in [0, 0.05) is 20.8 Å². The van der Waals surface area contributed by atoms with E-state index in [4.69, 9.17) is 0 Å². The maximum Gasteiger partial charge on any atom is 0.208 e. The summed E-state index contributed by atoms with van der Waals surface area (Å²) in [6, 6.07) is 11.5. The molecule has 0 unspecified atom stereocenters. The van der Waals surface area contributed by atoms with Crippen LogP contribution >= 0.6 is 39.0 Å². The SMILES string of the molecule is CS(=O)(=O)NCCc1ccc(C(=O)CSc2ccccc2Br)s1. The number of nitrogens with one attached hydrogen (secondary N) is 1. The average molecular weight is 434 g/mol. The van der Waals surface area contributed by atoms with Crippen LogP contribution in [0.2, 0.25) is 0 Å². The van der Waals surface area contributed by atoms with Crippen molar-refractivity contribution in [3.05, 3.63) is 50.6 Å². The summed E-state index contributed by atoms with van der Waals surface area (Å²) in [4.78, 5) is 15.0. The Morgan fingerprint density at radius 2 is 2.00 bits per heavy atom. The molecule has 0 aliphatic rings. The number of carbonyl (C=O) groups is 1. The van der Waals surface area contributed by atoms with Gasteiger partial charge in [0.25, 0.3) is 0 Å². The van der Waals surface area contributed by atoms with Crippen molar-refractivity contribution in [1.29, 1.82) is 0 Å². The van der Waals surface area contributed by atoms with E-state index in [0.29, 0.717) is 23.6 Å². The Balaban J connectivity index is 1.87. The van der Waals surface area contributed by atoms with Crippen molar-refractivity contribution in [2.45, 2.75) is 11.3 Å². The van der Waals surface area contributed by atoms with Gasteiger partial charge in [0.15, 0.2) is 5.78 Å². The summed E-state index contributed by atoms with van der Waals surface area (Å²) in [6.07, 6.45) is 1.72. The molecule has 8 heteroatoms. The molecule has 23 heavy (non-hydrogen) atoms. The van der Waals surface area contributed by atoms with Gasteiger partial charge in [-0.1, -0.05) is 12.1 Å². The van der Waals surface area contributed by atoms with Crippen molar-refractivity contribution in [3.63, 3.8) is 0 Å². The first-order valence-corrected chi connectivity index (χ1v) is 11.3. The van der Waals surface area contributed by atoms with Crippen LogP contribution in [0.25, 0.3) is 0 Å². The highest BCUT2D eigenvalue weighted by molar-refractivity contribution is 9.10. The van der Waals surface area contributed by atoms with E-state index in [1.165, 1.54) is 23.1 Å². The largest absolute Gasteiger partial charge is 0.292 e. The van der Waals surface area contributed by atoms with Gasteiger partial charge in [-0.15, -0.1) is 23.1 Å². The number of halogens is 1. The van der Waals surface area contributed by atoms with E-state index in [-0.39, 0.29) is 5.78 Å². The Labute approximate surface area is 152 Å². The zero-order chi connectivity index (χ0) is 16.9. The maximum atomic E-state index is 12.2. The number of sulfonamides is 1. The van der Waals surface area contributed by atoms with Crippen LogP contribution in [-0.4, -0.2) is 32.8 Å². The van der Waals surface area contributed by atoms with Crippen molar-refractivity contribution in [1.82, 2.24) is 4.72 Å². The van der Waals surface area contributed by atoms with Gasteiger partial charge in [0.1, 0.15) is 0 Å². The predicted molar refractivity (Wildman–Crippen MR) is 100 cm³/mol. The van der Waals surface area contributed by atoms with Crippen LogP contribution in [0.5, 0.6) is 0 Å². The standard InChI is InChI=1S/C15H16BrNO3S3/c1-23(19,20)17-9-8-11-6-7-15(22-11)13(18)10-21-14-5-3-2-4-12(14)16/h2-7,17H,8-10H2,1H3. The van der Waals surface area contributed by atoms with Gasteiger partial charge in [0.05, 0.1) is 16.9 Å². The Morgan fingerprint density at radius 1 is 1.26 bits per heavy atom. The zero-order valence-corrected chi connectivity index (χ0v) is 16.4. The maximum absolute atomic E-state index is 12.2. The zero-order valence-electron chi connectivity index (χ0n) is 12.4. The molecule has 0 fully saturated rings. The van der Waals surface area contributed by atoms with Crippen LogP contribution < -0.4 is 4.72 Å². The number of Topliss-reactive ketones (excluding diaryl/α,β-unsaturated/α-hetero) is 1. The first-order chi connectivity index (χ1) is 10.8. The summed E-state index contributed by atoms with van der Waals surface area (Å²) in [5, 5.41) is 0. The van der Waals surface area contributed by atoms with Crippen molar-refractivity contribution in [2.75, 3.05) is 18.6 Å². The van der Waals surface area contributed by atoms with Crippen LogP contribution in [0.3, 0.4) is 0 Å². The highest BCUT2D eigenvalue weighted by Gasteiger charge is 2.11. The summed E-state index contributed by atoms with van der Waals surface area (Å²) in [5.74, 6) is 0.461. The van der Waals surface area contributed by atoms with Gasteiger partial charge < -0.3 is 0 Å². The summed E-state index contributed by atoms with van der Waals surface area (Å²) in [7, 11) is -3.17. The number of benzene rings is 1. The van der Waals surface area contributed by atoms with E-state index in [1.807, 2.05) is 36.4 Å². The summed E-state index contributed by atoms with van der Waals surface area (Å²) >= 11 is 6.39. The molecule has 4 nitrogen and oxygen atoms in total. The highest BCUT2D eigenvalue weighted by atomic mass is 79.9. The van der Waals surface area contributed by atoms with Gasteiger partial charge in [-0.2, -0.15) is 0 Å². The summed E-state index contributed by atoms with van der Waals surface area (Å²) < 4.78 is 25.5. The lowest BCUT2D eigenvalue weighted by Crippen LogP contribution is -2.23. The third-order valence-corrected chi connectivity index (χ3v) is 6.81. The number of ketones is 1. The fourth-order valence-electron chi connectivity index (χ4n) is 1.80. The number of thiophene rings is 1. The molecular formula is C15H16BrNO3S3. The van der Waals surface area contributed by atoms with E-state index in [0.717, 1.165) is 20.5 Å². The summed E-state index contributed by atoms with van der Waals surface area (Å²) in [5.41, 5.74) is 0. The molecule has 0 aliphatic heterocycles. The van der Waals surface area contributed by atoms with Crippen molar-refractivity contribution in [3.8, 4) is 0 Å². The number of carbonyl (C=O) groups excluding carboxylic acids is 1. The first-order valence-electron chi connectivity index (χ1n) is 6.79. The van der Waals surface area contributed by atoms with E-state index in [2.05, 4.69) is 20.7 Å². The van der Waals surface area contributed by atoms with E-state index >= 15 is 0 Å². The normalized spacial score (nSPS) is 11.6. The molecule has 0 saturated carbocycles. The van der Waals surface area contributed by atoms with Crippen LogP contribution in [0.1, 0.15) is 14.5 Å². The number of hydrogen-bond acceptors (Lipinski definition) is 5. The molecule has 0 spiro atoms. The minimum atomic E-state index is -3.17. The lowest BCUT2D eigenvalue weighted by molar-refractivity contribution is 0.102. The van der Waals surface area contributed by atoms with Crippen LogP contribution in [0.4, 0.5) is 0 Å². The van der Waals surface area contributed by atoms with Gasteiger partial charge in [0.2, 0.25) is 10.0 Å². The Bertz CT molecular complexity index is 787. The Hall–Kier alpha value is -0.670. The smallest absolute Gasteiger partial charge is 0.208 e. The fourth-order valence-corrected chi connectivity index (χ4v) is 4.76. The van der Waals surface area contributed by atoms with E-state index in [9.17, 15) is 13.2 Å². The van der Waals surface area contributed by atoms with Crippen LogP contribution in [0.15, 0.2) is 45.8 Å². The van der Waals surface area contributed by atoms with Gasteiger partial charge in [-0.05, 0) is 46.6 Å². The average Bonchev–Trinajstić information content (AvgIpc) is 2.94. The van der Waals surface area contributed by atoms with E-state index < -0.39 is 10.0 Å². The molecule has 1 aromatic carbocycles. The molecule has 2 rings (SSSR count). The molecular weight excluding hydrogens is 418 g/mol. The Morgan fingerprint density at radius 3 is 2.70 bits per heavy atom. The minimum absolute atomic E-state index is 0.0816. The van der Waals surface area contributed by atoms with Crippen molar-refractivity contribution >= 4 is 54.8 Å². The molecule has 0 aliphatic carbocycles. The molecule has 1 aromatic heterocycles. The van der Waals surface area contributed by atoms with Gasteiger partial charge >= 0.3 is 0 Å². The monoisotopic (exact) mass is 433 g/mol.